The van der Waals surface area contributed by atoms with Gasteiger partial charge in [0.25, 0.3) is 5.56 Å². The summed E-state index contributed by atoms with van der Waals surface area (Å²) in [5, 5.41) is 2.31. The summed E-state index contributed by atoms with van der Waals surface area (Å²) in [6.07, 6.45) is 1.82. The second-order valence-corrected chi connectivity index (χ2v) is 11.4. The second-order valence-electron chi connectivity index (χ2n) is 10.4. The summed E-state index contributed by atoms with van der Waals surface area (Å²) >= 11 is 1.26. The van der Waals surface area contributed by atoms with Gasteiger partial charge in [-0.05, 0) is 66.1 Å². The predicted octanol–water partition coefficient (Wildman–Crippen LogP) is 5.55. The zero-order valence-corrected chi connectivity index (χ0v) is 26.2. The van der Waals surface area contributed by atoms with E-state index in [-0.39, 0.29) is 17.7 Å². The number of hydrogen-bond donors (Lipinski definition) is 0. The number of methoxy groups -OCH3 is 2. The Bertz CT molecular complexity index is 2120. The molecule has 0 amide bonds. The highest BCUT2D eigenvalue weighted by molar-refractivity contribution is 7.07. The normalized spacial score (nSPS) is 14.6. The van der Waals surface area contributed by atoms with Gasteiger partial charge in [0.05, 0.1) is 36.6 Å². The molecule has 1 aliphatic rings. The van der Waals surface area contributed by atoms with Crippen LogP contribution in [0.2, 0.25) is 0 Å². The number of benzene rings is 4. The van der Waals surface area contributed by atoms with Crippen molar-refractivity contribution in [3.8, 4) is 17.2 Å². The van der Waals surface area contributed by atoms with Crippen LogP contribution in [0.25, 0.3) is 16.8 Å². The van der Waals surface area contributed by atoms with Gasteiger partial charge in [-0.25, -0.2) is 9.79 Å². The first-order valence-electron chi connectivity index (χ1n) is 14.5. The number of carbonyl (C=O) groups is 1. The molecule has 0 fully saturated rings. The Balaban J connectivity index is 1.39. The third-order valence-electron chi connectivity index (χ3n) is 7.68. The quantitative estimate of drug-likeness (QED) is 0.201. The lowest BCUT2D eigenvalue weighted by atomic mass is 9.95. The molecule has 1 aromatic heterocycles. The first kappa shape index (κ1) is 29.9. The van der Waals surface area contributed by atoms with Crippen molar-refractivity contribution in [2.75, 3.05) is 20.8 Å². The minimum absolute atomic E-state index is 0.186. The Kier molecular flexibility index (Phi) is 8.53. The molecular formula is C36H32N2O6S. The molecule has 0 aliphatic carbocycles. The maximum absolute atomic E-state index is 14.1. The Hall–Kier alpha value is -5.15. The van der Waals surface area contributed by atoms with E-state index in [1.807, 2.05) is 48.5 Å². The Morgan fingerprint density at radius 1 is 0.956 bits per heavy atom. The number of nitrogens with zero attached hydrogens (tertiary/aromatic N) is 2. The lowest BCUT2D eigenvalue weighted by molar-refractivity contribution is -0.139. The maximum atomic E-state index is 14.1. The highest BCUT2D eigenvalue weighted by Gasteiger charge is 2.35. The summed E-state index contributed by atoms with van der Waals surface area (Å²) < 4.78 is 24.7. The van der Waals surface area contributed by atoms with E-state index in [0.29, 0.717) is 44.4 Å². The monoisotopic (exact) mass is 620 g/mol. The largest absolute Gasteiger partial charge is 0.497 e. The van der Waals surface area contributed by atoms with Crippen LogP contribution in [0.1, 0.15) is 36.6 Å². The summed E-state index contributed by atoms with van der Waals surface area (Å²) in [4.78, 5) is 32.5. The maximum Gasteiger partial charge on any atom is 0.338 e. The van der Waals surface area contributed by atoms with Crippen molar-refractivity contribution >= 4 is 34.2 Å². The van der Waals surface area contributed by atoms with Crippen LogP contribution in [0.15, 0.2) is 106 Å². The fourth-order valence-corrected chi connectivity index (χ4v) is 6.60. The summed E-state index contributed by atoms with van der Waals surface area (Å²) in [6, 6.07) is 26.5. The van der Waals surface area contributed by atoms with E-state index in [9.17, 15) is 9.59 Å². The number of carbonyl (C=O) groups excluding carboxylic acids is 1. The Labute approximate surface area is 264 Å². The lowest BCUT2D eigenvalue weighted by Crippen LogP contribution is -2.40. The summed E-state index contributed by atoms with van der Waals surface area (Å²) in [7, 11) is 3.10. The molecule has 8 nitrogen and oxygen atoms in total. The first-order chi connectivity index (χ1) is 21.9. The molecule has 0 spiro atoms. The van der Waals surface area contributed by atoms with E-state index in [4.69, 9.17) is 18.9 Å². The second kappa shape index (κ2) is 12.8. The summed E-state index contributed by atoms with van der Waals surface area (Å²) in [5.74, 6) is 1.21. The number of ether oxygens (including phenoxy) is 4. The van der Waals surface area contributed by atoms with Crippen molar-refractivity contribution in [3.63, 3.8) is 0 Å². The van der Waals surface area contributed by atoms with Crippen molar-refractivity contribution < 1.29 is 23.7 Å². The van der Waals surface area contributed by atoms with Gasteiger partial charge in [-0.1, -0.05) is 65.9 Å². The minimum atomic E-state index is -0.807. The molecule has 5 aromatic rings. The number of thiazole rings is 1. The number of allylic oxidation sites excluding steroid dienone is 1. The number of fused-ring (bicyclic) bond motifs is 2. The molecule has 6 rings (SSSR count). The molecule has 0 N–H and O–H groups in total. The van der Waals surface area contributed by atoms with Gasteiger partial charge < -0.3 is 18.9 Å². The molecule has 4 aromatic carbocycles. The van der Waals surface area contributed by atoms with E-state index in [2.05, 4.69) is 29.3 Å². The highest BCUT2D eigenvalue weighted by Crippen LogP contribution is 2.37. The standard InChI is InChI=1S/C36H32N2O6S/c1-5-43-35(40)32-22(2)37-36-38(33(32)29-17-16-26(41-3)20-30(29)42-4)34(39)31(45-36)19-23-10-8-14-27(18-23)44-21-25-13-9-12-24-11-6-7-15-28(24)25/h6-20,33H,5,21H2,1-4H3/b31-19-/t33-/m0/s1. The van der Waals surface area contributed by atoms with Gasteiger partial charge in [0.2, 0.25) is 0 Å². The number of hydrogen-bond acceptors (Lipinski definition) is 8. The molecule has 228 valence electrons. The van der Waals surface area contributed by atoms with E-state index in [0.717, 1.165) is 21.9 Å². The molecule has 2 heterocycles. The minimum Gasteiger partial charge on any atom is -0.497 e. The average molecular weight is 621 g/mol. The molecule has 1 aliphatic heterocycles. The van der Waals surface area contributed by atoms with E-state index in [1.165, 1.54) is 18.4 Å². The molecule has 45 heavy (non-hydrogen) atoms. The smallest absolute Gasteiger partial charge is 0.338 e. The fraction of sp³-hybridized carbons (Fsp3) is 0.194. The van der Waals surface area contributed by atoms with E-state index in [1.54, 1.807) is 43.7 Å². The third kappa shape index (κ3) is 5.86. The van der Waals surface area contributed by atoms with Gasteiger partial charge >= 0.3 is 5.97 Å². The summed E-state index contributed by atoms with van der Waals surface area (Å²) in [5.41, 5.74) is 2.99. The van der Waals surface area contributed by atoms with Crippen LogP contribution in [-0.4, -0.2) is 31.4 Å². The zero-order valence-electron chi connectivity index (χ0n) is 25.4. The van der Waals surface area contributed by atoms with Crippen LogP contribution in [0.5, 0.6) is 17.2 Å². The predicted molar refractivity (Wildman–Crippen MR) is 175 cm³/mol. The van der Waals surface area contributed by atoms with Crippen LogP contribution in [-0.2, 0) is 16.1 Å². The van der Waals surface area contributed by atoms with Crippen molar-refractivity contribution in [1.29, 1.82) is 0 Å². The van der Waals surface area contributed by atoms with Crippen molar-refractivity contribution in [2.24, 2.45) is 4.99 Å². The van der Waals surface area contributed by atoms with E-state index >= 15 is 0 Å². The molecule has 0 saturated carbocycles. The first-order valence-corrected chi connectivity index (χ1v) is 15.3. The van der Waals surface area contributed by atoms with Gasteiger partial charge in [-0.3, -0.25) is 9.36 Å². The lowest BCUT2D eigenvalue weighted by Gasteiger charge is -2.26. The van der Waals surface area contributed by atoms with Crippen LogP contribution in [0.3, 0.4) is 0 Å². The van der Waals surface area contributed by atoms with Crippen LogP contribution >= 0.6 is 11.3 Å². The number of esters is 1. The fourth-order valence-electron chi connectivity index (χ4n) is 5.56. The van der Waals surface area contributed by atoms with Gasteiger partial charge in [-0.2, -0.15) is 0 Å². The van der Waals surface area contributed by atoms with Crippen LogP contribution < -0.4 is 29.1 Å². The van der Waals surface area contributed by atoms with Crippen molar-refractivity contribution in [2.45, 2.75) is 26.5 Å². The molecule has 0 unspecified atom stereocenters. The van der Waals surface area contributed by atoms with Crippen molar-refractivity contribution in [3.05, 3.63) is 133 Å². The molecule has 0 radical (unpaired) electrons. The van der Waals surface area contributed by atoms with Crippen molar-refractivity contribution in [1.82, 2.24) is 4.57 Å². The van der Waals surface area contributed by atoms with Crippen LogP contribution in [0, 0.1) is 0 Å². The Morgan fingerprint density at radius 2 is 1.76 bits per heavy atom. The highest BCUT2D eigenvalue weighted by atomic mass is 32.1. The van der Waals surface area contributed by atoms with Gasteiger partial charge in [0.1, 0.15) is 29.9 Å². The van der Waals surface area contributed by atoms with Gasteiger partial charge in [0, 0.05) is 11.6 Å². The topological polar surface area (TPSA) is 88.4 Å². The SMILES string of the molecule is CCOC(=O)C1=C(C)N=c2s/c(=C\c3cccc(OCc4cccc5ccccc45)c3)c(=O)n2[C@H]1c1ccc(OC)cc1OC. The van der Waals surface area contributed by atoms with Gasteiger partial charge in [0.15, 0.2) is 4.80 Å². The molecule has 1 atom stereocenters. The molecule has 0 bridgehead atoms. The summed E-state index contributed by atoms with van der Waals surface area (Å²) in [6.45, 7) is 4.09. The number of aromatic nitrogens is 1. The van der Waals surface area contributed by atoms with Gasteiger partial charge in [-0.15, -0.1) is 0 Å². The number of rotatable bonds is 9. The Morgan fingerprint density at radius 3 is 2.56 bits per heavy atom. The van der Waals surface area contributed by atoms with E-state index < -0.39 is 12.0 Å². The molecule has 9 heteroatoms. The zero-order chi connectivity index (χ0) is 31.5. The average Bonchev–Trinajstić information content (AvgIpc) is 3.36. The molecule has 0 saturated heterocycles. The van der Waals surface area contributed by atoms with Crippen LogP contribution in [0.4, 0.5) is 0 Å². The molecular weight excluding hydrogens is 588 g/mol. The third-order valence-corrected chi connectivity index (χ3v) is 8.67.